The van der Waals surface area contributed by atoms with Gasteiger partial charge < -0.3 is 20.3 Å². The molecule has 0 fully saturated rings. The zero-order valence-electron chi connectivity index (χ0n) is 12.4. The Morgan fingerprint density at radius 3 is 2.79 bits per heavy atom. The Balaban J connectivity index is 2.26. The second-order valence-electron chi connectivity index (χ2n) is 5.84. The molecule has 0 aromatic heterocycles. The van der Waals surface area contributed by atoms with Crippen LogP contribution in [0.5, 0.6) is 5.75 Å². The van der Waals surface area contributed by atoms with Crippen LogP contribution in [0.2, 0.25) is 0 Å². The molecule has 0 bridgehead atoms. The van der Waals surface area contributed by atoms with Crippen molar-refractivity contribution >= 4 is 11.4 Å². The molecule has 1 aromatic rings. The maximum atomic E-state index is 6.12. The summed E-state index contributed by atoms with van der Waals surface area (Å²) in [6.07, 6.45) is 0.233. The molecule has 4 nitrogen and oxygen atoms in total. The fourth-order valence-electron chi connectivity index (χ4n) is 2.35. The molecule has 2 rings (SSSR count). The van der Waals surface area contributed by atoms with Gasteiger partial charge in [0.1, 0.15) is 17.5 Å². The van der Waals surface area contributed by atoms with Crippen LogP contribution in [-0.2, 0) is 0 Å². The molecule has 1 aliphatic rings. The molecule has 0 radical (unpaired) electrons. The number of likely N-dealkylation sites (N-methyl/N-ethyl adjacent to an activating group) is 1. The Hall–Kier alpha value is -1.42. The van der Waals surface area contributed by atoms with Gasteiger partial charge in [0.2, 0.25) is 0 Å². The van der Waals surface area contributed by atoms with E-state index in [9.17, 15) is 0 Å². The number of hydrogen-bond donors (Lipinski definition) is 1. The lowest BCUT2D eigenvalue weighted by atomic mass is 10.0. The number of benzene rings is 1. The van der Waals surface area contributed by atoms with Gasteiger partial charge in [-0.25, -0.2) is 0 Å². The van der Waals surface area contributed by atoms with E-state index in [1.807, 2.05) is 18.2 Å². The van der Waals surface area contributed by atoms with Gasteiger partial charge >= 0.3 is 0 Å². The standard InChI is InChI=1S/C15H25N3O/c1-11(2)14-10-18(9-8-17(3)4)15-12(16)6-5-7-13(15)19-14/h5-7,11,14H,8-10,16H2,1-4H3. The van der Waals surface area contributed by atoms with Crippen LogP contribution in [0.3, 0.4) is 0 Å². The van der Waals surface area contributed by atoms with E-state index in [0.29, 0.717) is 5.92 Å². The topological polar surface area (TPSA) is 41.7 Å². The first-order valence-corrected chi connectivity index (χ1v) is 6.94. The van der Waals surface area contributed by atoms with Crippen molar-refractivity contribution in [2.24, 2.45) is 5.92 Å². The van der Waals surface area contributed by atoms with Crippen molar-refractivity contribution in [1.29, 1.82) is 0 Å². The van der Waals surface area contributed by atoms with Crippen LogP contribution >= 0.6 is 0 Å². The van der Waals surface area contributed by atoms with Crippen LogP contribution in [0.15, 0.2) is 18.2 Å². The predicted octanol–water partition coefficient (Wildman–Crippen LogP) is 2.05. The van der Waals surface area contributed by atoms with E-state index in [0.717, 1.165) is 36.8 Å². The number of nitrogens with two attached hydrogens (primary N) is 1. The Morgan fingerprint density at radius 2 is 2.16 bits per heavy atom. The number of nitrogen functional groups attached to an aromatic ring is 1. The zero-order chi connectivity index (χ0) is 14.0. The molecule has 1 unspecified atom stereocenters. The molecule has 4 heteroatoms. The van der Waals surface area contributed by atoms with Crippen molar-refractivity contribution in [3.05, 3.63) is 18.2 Å². The van der Waals surface area contributed by atoms with Gasteiger partial charge in [0.25, 0.3) is 0 Å². The summed E-state index contributed by atoms with van der Waals surface area (Å²) < 4.78 is 6.08. The van der Waals surface area contributed by atoms with Crippen molar-refractivity contribution in [1.82, 2.24) is 4.90 Å². The van der Waals surface area contributed by atoms with Crippen LogP contribution in [0.25, 0.3) is 0 Å². The monoisotopic (exact) mass is 263 g/mol. The summed E-state index contributed by atoms with van der Waals surface area (Å²) in [5.74, 6) is 1.42. The van der Waals surface area contributed by atoms with E-state index in [1.165, 1.54) is 0 Å². The van der Waals surface area contributed by atoms with Crippen LogP contribution in [0.4, 0.5) is 11.4 Å². The van der Waals surface area contributed by atoms with Gasteiger partial charge in [0, 0.05) is 13.1 Å². The minimum Gasteiger partial charge on any atom is -0.486 e. The van der Waals surface area contributed by atoms with Gasteiger partial charge in [-0.3, -0.25) is 0 Å². The molecule has 106 valence electrons. The van der Waals surface area contributed by atoms with Gasteiger partial charge in [-0.15, -0.1) is 0 Å². The van der Waals surface area contributed by atoms with E-state index in [4.69, 9.17) is 10.5 Å². The highest BCUT2D eigenvalue weighted by molar-refractivity contribution is 5.75. The normalized spacial score (nSPS) is 18.6. The fourth-order valence-corrected chi connectivity index (χ4v) is 2.35. The molecule has 0 saturated carbocycles. The van der Waals surface area contributed by atoms with Crippen LogP contribution in [0, 0.1) is 5.92 Å². The highest BCUT2D eigenvalue weighted by atomic mass is 16.5. The Labute approximate surface area is 116 Å². The second-order valence-corrected chi connectivity index (χ2v) is 5.84. The number of hydrogen-bond acceptors (Lipinski definition) is 4. The molecular weight excluding hydrogens is 238 g/mol. The summed E-state index contributed by atoms with van der Waals surface area (Å²) in [4.78, 5) is 4.55. The molecule has 2 N–H and O–H groups in total. The van der Waals surface area contributed by atoms with Crippen LogP contribution in [-0.4, -0.2) is 44.7 Å². The fraction of sp³-hybridized carbons (Fsp3) is 0.600. The first-order chi connectivity index (χ1) is 8.99. The number of fused-ring (bicyclic) bond motifs is 1. The number of anilines is 2. The smallest absolute Gasteiger partial charge is 0.145 e. The second kappa shape index (κ2) is 5.70. The molecule has 0 saturated heterocycles. The van der Waals surface area contributed by atoms with E-state index < -0.39 is 0 Å². The third-order valence-electron chi connectivity index (χ3n) is 3.59. The van der Waals surface area contributed by atoms with Crippen molar-refractivity contribution in [3.8, 4) is 5.75 Å². The van der Waals surface area contributed by atoms with Crippen molar-refractivity contribution in [2.45, 2.75) is 20.0 Å². The average molecular weight is 263 g/mol. The third-order valence-corrected chi connectivity index (χ3v) is 3.59. The lowest BCUT2D eigenvalue weighted by Crippen LogP contribution is -2.45. The third kappa shape index (κ3) is 3.13. The van der Waals surface area contributed by atoms with Crippen molar-refractivity contribution < 1.29 is 4.74 Å². The van der Waals surface area contributed by atoms with Gasteiger partial charge in [0.05, 0.1) is 12.2 Å². The quantitative estimate of drug-likeness (QED) is 0.844. The number of rotatable bonds is 4. The summed E-state index contributed by atoms with van der Waals surface area (Å²) in [5.41, 5.74) is 7.99. The minimum absolute atomic E-state index is 0.233. The first-order valence-electron chi connectivity index (χ1n) is 6.94. The maximum Gasteiger partial charge on any atom is 0.145 e. The minimum atomic E-state index is 0.233. The number of para-hydroxylation sites is 1. The SMILES string of the molecule is CC(C)C1CN(CCN(C)C)c2c(N)cccc2O1. The van der Waals surface area contributed by atoms with E-state index >= 15 is 0 Å². The van der Waals surface area contributed by atoms with E-state index in [-0.39, 0.29) is 6.10 Å². The molecule has 0 amide bonds. The molecule has 0 aliphatic carbocycles. The predicted molar refractivity (Wildman–Crippen MR) is 80.9 cm³/mol. The molecular formula is C15H25N3O. The molecule has 19 heavy (non-hydrogen) atoms. The molecule has 1 aliphatic heterocycles. The first kappa shape index (κ1) is 14.0. The summed E-state index contributed by atoms with van der Waals surface area (Å²) in [5, 5.41) is 0. The van der Waals surface area contributed by atoms with E-state index in [1.54, 1.807) is 0 Å². The van der Waals surface area contributed by atoms with Gasteiger partial charge in [0.15, 0.2) is 0 Å². The molecule has 1 aromatic carbocycles. The summed E-state index contributed by atoms with van der Waals surface area (Å²) >= 11 is 0. The summed E-state index contributed by atoms with van der Waals surface area (Å²) in [6, 6.07) is 5.92. The van der Waals surface area contributed by atoms with Crippen LogP contribution < -0.4 is 15.4 Å². The molecule has 0 spiro atoms. The Kier molecular flexibility index (Phi) is 4.20. The van der Waals surface area contributed by atoms with Crippen molar-refractivity contribution in [3.63, 3.8) is 0 Å². The highest BCUT2D eigenvalue weighted by Crippen LogP contribution is 2.39. The lowest BCUT2D eigenvalue weighted by molar-refractivity contribution is 0.145. The summed E-state index contributed by atoms with van der Waals surface area (Å²) in [7, 11) is 4.19. The van der Waals surface area contributed by atoms with Crippen molar-refractivity contribution in [2.75, 3.05) is 44.4 Å². The van der Waals surface area contributed by atoms with Crippen LogP contribution in [0.1, 0.15) is 13.8 Å². The lowest BCUT2D eigenvalue weighted by Gasteiger charge is -2.39. The molecule has 1 heterocycles. The van der Waals surface area contributed by atoms with Gasteiger partial charge in [-0.1, -0.05) is 19.9 Å². The zero-order valence-corrected chi connectivity index (χ0v) is 12.4. The highest BCUT2D eigenvalue weighted by Gasteiger charge is 2.28. The largest absolute Gasteiger partial charge is 0.486 e. The Bertz CT molecular complexity index is 431. The average Bonchev–Trinajstić information content (AvgIpc) is 2.35. The Morgan fingerprint density at radius 1 is 1.42 bits per heavy atom. The molecule has 1 atom stereocenters. The summed E-state index contributed by atoms with van der Waals surface area (Å²) in [6.45, 7) is 7.30. The number of ether oxygens (including phenoxy) is 1. The van der Waals surface area contributed by atoms with E-state index in [2.05, 4.69) is 37.7 Å². The number of nitrogens with zero attached hydrogens (tertiary/aromatic N) is 2. The van der Waals surface area contributed by atoms with Gasteiger partial charge in [-0.05, 0) is 32.1 Å². The van der Waals surface area contributed by atoms with Gasteiger partial charge in [-0.2, -0.15) is 0 Å². The maximum absolute atomic E-state index is 6.12.